The van der Waals surface area contributed by atoms with Gasteiger partial charge in [0, 0.05) is 6.42 Å². The number of rotatable bonds is 16. The Hall–Kier alpha value is -1.05. The first-order valence-electron chi connectivity index (χ1n) is 10.5. The largest absolute Gasteiger partial charge is 0.466 e. The molecule has 0 amide bonds. The van der Waals surface area contributed by atoms with Crippen LogP contribution < -0.4 is 0 Å². The first kappa shape index (κ1) is 23.9. The van der Waals surface area contributed by atoms with Crippen molar-refractivity contribution >= 4 is 5.97 Å². The van der Waals surface area contributed by atoms with Crippen molar-refractivity contribution in [3.05, 3.63) is 23.3 Å². The molecule has 25 heavy (non-hydrogen) atoms. The van der Waals surface area contributed by atoms with Crippen LogP contribution in [-0.4, -0.2) is 12.6 Å². The molecule has 0 spiro atoms. The molecule has 0 aliphatic rings. The number of hydrogen-bond donors (Lipinski definition) is 0. The van der Waals surface area contributed by atoms with Gasteiger partial charge in [-0.05, 0) is 46.5 Å². The Morgan fingerprint density at radius 1 is 0.760 bits per heavy atom. The molecule has 0 aromatic heterocycles. The van der Waals surface area contributed by atoms with Crippen molar-refractivity contribution in [3.63, 3.8) is 0 Å². The highest BCUT2D eigenvalue weighted by atomic mass is 16.5. The van der Waals surface area contributed by atoms with Crippen LogP contribution >= 0.6 is 0 Å². The van der Waals surface area contributed by atoms with E-state index in [4.69, 9.17) is 4.74 Å². The first-order valence-corrected chi connectivity index (χ1v) is 10.5. The molecule has 146 valence electrons. The Morgan fingerprint density at radius 3 is 1.92 bits per heavy atom. The zero-order valence-corrected chi connectivity index (χ0v) is 17.4. The van der Waals surface area contributed by atoms with Gasteiger partial charge < -0.3 is 4.74 Å². The molecule has 0 N–H and O–H groups in total. The summed E-state index contributed by atoms with van der Waals surface area (Å²) in [4.78, 5) is 11.7. The minimum absolute atomic E-state index is 0.0482. The predicted octanol–water partition coefficient (Wildman–Crippen LogP) is 7.53. The number of unbranched alkanes of at least 4 members (excludes halogenated alkanes) is 8. The second kappa shape index (κ2) is 17.8. The number of allylic oxidation sites excluding steroid dienone is 4. The minimum Gasteiger partial charge on any atom is -0.466 e. The van der Waals surface area contributed by atoms with E-state index < -0.39 is 0 Å². The zero-order valence-electron chi connectivity index (χ0n) is 17.4. The number of esters is 1. The van der Waals surface area contributed by atoms with Crippen molar-refractivity contribution in [1.29, 1.82) is 0 Å². The van der Waals surface area contributed by atoms with Crippen molar-refractivity contribution < 1.29 is 9.53 Å². The highest BCUT2D eigenvalue weighted by Crippen LogP contribution is 2.11. The summed E-state index contributed by atoms with van der Waals surface area (Å²) in [5.41, 5.74) is 2.73. The lowest BCUT2D eigenvalue weighted by molar-refractivity contribution is -0.143. The summed E-state index contributed by atoms with van der Waals surface area (Å²) < 4.78 is 5.32. The van der Waals surface area contributed by atoms with Gasteiger partial charge in [-0.15, -0.1) is 0 Å². The number of ether oxygens (including phenoxy) is 1. The van der Waals surface area contributed by atoms with Gasteiger partial charge in [0.15, 0.2) is 0 Å². The molecule has 0 rings (SSSR count). The second-order valence-electron chi connectivity index (χ2n) is 7.46. The fourth-order valence-electron chi connectivity index (χ4n) is 2.80. The lowest BCUT2D eigenvalue weighted by atomic mass is 10.1. The van der Waals surface area contributed by atoms with Crippen LogP contribution in [0.2, 0.25) is 0 Å². The van der Waals surface area contributed by atoms with Gasteiger partial charge in [0.05, 0.1) is 6.61 Å². The molecule has 0 aliphatic heterocycles. The van der Waals surface area contributed by atoms with Crippen LogP contribution in [0.15, 0.2) is 23.3 Å². The molecule has 0 aromatic carbocycles. The highest BCUT2D eigenvalue weighted by Gasteiger charge is 2.01. The second-order valence-corrected chi connectivity index (χ2v) is 7.46. The average Bonchev–Trinajstić information content (AvgIpc) is 2.56. The molecule has 0 fully saturated rings. The Labute approximate surface area is 157 Å². The van der Waals surface area contributed by atoms with Gasteiger partial charge >= 0.3 is 5.97 Å². The maximum Gasteiger partial charge on any atom is 0.306 e. The minimum atomic E-state index is -0.0482. The van der Waals surface area contributed by atoms with Gasteiger partial charge in [-0.3, -0.25) is 4.79 Å². The van der Waals surface area contributed by atoms with Gasteiger partial charge in [0.25, 0.3) is 0 Å². The third kappa shape index (κ3) is 19.1. The summed E-state index contributed by atoms with van der Waals surface area (Å²) >= 11 is 0. The molecule has 0 bridgehead atoms. The van der Waals surface area contributed by atoms with Crippen molar-refractivity contribution in [1.82, 2.24) is 0 Å². The van der Waals surface area contributed by atoms with E-state index in [1.807, 2.05) is 0 Å². The van der Waals surface area contributed by atoms with E-state index in [-0.39, 0.29) is 5.97 Å². The van der Waals surface area contributed by atoms with E-state index in [0.29, 0.717) is 13.0 Å². The molecule has 0 heterocycles. The van der Waals surface area contributed by atoms with Crippen LogP contribution in [0.5, 0.6) is 0 Å². The normalized spacial score (nSPS) is 11.4. The molecule has 0 radical (unpaired) electrons. The standard InChI is InChI=1S/C23H42O2/c1-5-6-7-8-9-10-11-12-13-20-25-23(24)19-15-18-22(4)17-14-16-21(2)3/h16,18H,5-15,17,19-20H2,1-4H3. The van der Waals surface area contributed by atoms with E-state index in [1.165, 1.54) is 62.5 Å². The van der Waals surface area contributed by atoms with Gasteiger partial charge in [0.1, 0.15) is 0 Å². The zero-order chi connectivity index (χ0) is 18.8. The smallest absolute Gasteiger partial charge is 0.306 e. The Morgan fingerprint density at radius 2 is 1.32 bits per heavy atom. The monoisotopic (exact) mass is 350 g/mol. The molecule has 0 aliphatic carbocycles. The fourth-order valence-corrected chi connectivity index (χ4v) is 2.80. The highest BCUT2D eigenvalue weighted by molar-refractivity contribution is 5.69. The van der Waals surface area contributed by atoms with Gasteiger partial charge in [-0.1, -0.05) is 81.6 Å². The number of carbonyl (C=O) groups excluding carboxylic acids is 1. The molecule has 0 atom stereocenters. The molecule has 0 unspecified atom stereocenters. The van der Waals surface area contributed by atoms with Crippen LogP contribution in [0.25, 0.3) is 0 Å². The quantitative estimate of drug-likeness (QED) is 0.163. The summed E-state index contributed by atoms with van der Waals surface area (Å²) in [5.74, 6) is -0.0482. The van der Waals surface area contributed by atoms with Gasteiger partial charge in [0.2, 0.25) is 0 Å². The van der Waals surface area contributed by atoms with Crippen LogP contribution in [-0.2, 0) is 9.53 Å². The van der Waals surface area contributed by atoms with E-state index in [9.17, 15) is 4.79 Å². The SMILES string of the molecule is CCCCCCCCCCCOC(=O)CCC=C(C)CCC=C(C)C. The summed E-state index contributed by atoms with van der Waals surface area (Å²) in [7, 11) is 0. The Kier molecular flexibility index (Phi) is 17.0. The molecular weight excluding hydrogens is 308 g/mol. The number of carbonyl (C=O) groups is 1. The molecule has 2 nitrogen and oxygen atoms in total. The fraction of sp³-hybridized carbons (Fsp3) is 0.783. The van der Waals surface area contributed by atoms with Gasteiger partial charge in [-0.2, -0.15) is 0 Å². The van der Waals surface area contributed by atoms with Crippen LogP contribution in [0.3, 0.4) is 0 Å². The van der Waals surface area contributed by atoms with E-state index >= 15 is 0 Å². The Balaban J connectivity index is 3.45. The molecule has 0 saturated heterocycles. The maximum atomic E-state index is 11.7. The van der Waals surface area contributed by atoms with Crippen molar-refractivity contribution in [3.8, 4) is 0 Å². The molecule has 0 aromatic rings. The summed E-state index contributed by atoms with van der Waals surface area (Å²) in [6.45, 7) is 9.25. The predicted molar refractivity (Wildman–Crippen MR) is 110 cm³/mol. The Bertz CT molecular complexity index is 376. The van der Waals surface area contributed by atoms with Crippen molar-refractivity contribution in [2.24, 2.45) is 0 Å². The number of hydrogen-bond acceptors (Lipinski definition) is 2. The van der Waals surface area contributed by atoms with Crippen LogP contribution in [0.1, 0.15) is 111 Å². The summed E-state index contributed by atoms with van der Waals surface area (Å²) in [6.07, 6.45) is 19.5. The van der Waals surface area contributed by atoms with Crippen molar-refractivity contribution in [2.75, 3.05) is 6.61 Å². The van der Waals surface area contributed by atoms with E-state index in [2.05, 4.69) is 39.8 Å². The topological polar surface area (TPSA) is 26.3 Å². The first-order chi connectivity index (χ1) is 12.1. The van der Waals surface area contributed by atoms with Gasteiger partial charge in [-0.25, -0.2) is 0 Å². The van der Waals surface area contributed by atoms with Crippen LogP contribution in [0.4, 0.5) is 0 Å². The molecule has 2 heteroatoms. The van der Waals surface area contributed by atoms with Crippen LogP contribution in [0, 0.1) is 0 Å². The lowest BCUT2D eigenvalue weighted by Gasteiger charge is -2.05. The maximum absolute atomic E-state index is 11.7. The molecular formula is C23H42O2. The van der Waals surface area contributed by atoms with Crippen molar-refractivity contribution in [2.45, 2.75) is 111 Å². The molecule has 0 saturated carbocycles. The van der Waals surface area contributed by atoms with E-state index in [0.717, 1.165) is 25.7 Å². The third-order valence-electron chi connectivity index (χ3n) is 4.44. The summed E-state index contributed by atoms with van der Waals surface area (Å²) in [6, 6.07) is 0. The average molecular weight is 351 g/mol. The lowest BCUT2D eigenvalue weighted by Crippen LogP contribution is -2.05. The third-order valence-corrected chi connectivity index (χ3v) is 4.44. The van der Waals surface area contributed by atoms with E-state index in [1.54, 1.807) is 0 Å². The summed E-state index contributed by atoms with van der Waals surface area (Å²) in [5, 5.41) is 0.